The number of fused-ring (bicyclic) bond motifs is 3. The van der Waals surface area contributed by atoms with Crippen LogP contribution in [-0.2, 0) is 6.54 Å². The summed E-state index contributed by atoms with van der Waals surface area (Å²) in [6.45, 7) is 2.35. The molecule has 0 radical (unpaired) electrons. The van der Waals surface area contributed by atoms with Gasteiger partial charge >= 0.3 is 0 Å². The van der Waals surface area contributed by atoms with Crippen molar-refractivity contribution < 1.29 is 19.0 Å². The van der Waals surface area contributed by atoms with Crippen molar-refractivity contribution in [1.29, 1.82) is 0 Å². The number of halogens is 2. The van der Waals surface area contributed by atoms with Gasteiger partial charge in [0.15, 0.2) is 11.5 Å². The average Bonchev–Trinajstić information content (AvgIpc) is 3.16. The molecule has 0 spiro atoms. The fourth-order valence-corrected chi connectivity index (χ4v) is 4.64. The predicted molar refractivity (Wildman–Crippen MR) is 124 cm³/mol. The smallest absolute Gasteiger partial charge is 0.162 e. The fraction of sp³-hybridized carbons (Fsp3) is 0.391. The number of hydrogen-bond donors (Lipinski definition) is 3. The van der Waals surface area contributed by atoms with E-state index in [1.54, 1.807) is 19.2 Å². The lowest BCUT2D eigenvalue weighted by atomic mass is 10.1. The van der Waals surface area contributed by atoms with Crippen LogP contribution in [0.2, 0.25) is 5.02 Å². The molecule has 174 valence electrons. The van der Waals surface area contributed by atoms with E-state index in [0.29, 0.717) is 73.3 Å². The normalized spacial score (nSPS) is 21.5. The lowest BCUT2D eigenvalue weighted by Gasteiger charge is -2.34. The van der Waals surface area contributed by atoms with Crippen molar-refractivity contribution in [3.8, 4) is 11.5 Å². The molecule has 1 saturated heterocycles. The van der Waals surface area contributed by atoms with Crippen LogP contribution in [0.1, 0.15) is 18.4 Å². The molecular formula is C23H25ClFN5O3. The summed E-state index contributed by atoms with van der Waals surface area (Å²) in [4.78, 5) is 10.7. The summed E-state index contributed by atoms with van der Waals surface area (Å²) in [5.74, 6) is 1.13. The molecule has 10 heteroatoms. The number of β-amino-alcohol motifs (C(OH)–C–C–N with tert-alkyl or cyclic N) is 1. The Hall–Kier alpha value is -2.72. The highest BCUT2D eigenvalue weighted by Crippen LogP contribution is 2.37. The number of nitrogens with one attached hydrogen (secondary N) is 2. The molecule has 1 atom stereocenters. The van der Waals surface area contributed by atoms with Gasteiger partial charge in [-0.2, -0.15) is 0 Å². The van der Waals surface area contributed by atoms with Gasteiger partial charge < -0.3 is 25.2 Å². The predicted octanol–water partition coefficient (Wildman–Crippen LogP) is 3.44. The van der Waals surface area contributed by atoms with Crippen LogP contribution in [0, 0.1) is 5.82 Å². The summed E-state index contributed by atoms with van der Waals surface area (Å²) in [6.07, 6.45) is 2.93. The van der Waals surface area contributed by atoms with Gasteiger partial charge in [0.2, 0.25) is 0 Å². The molecule has 8 nitrogen and oxygen atoms in total. The largest absolute Gasteiger partial charge is 0.493 e. The molecule has 2 aromatic carbocycles. The second-order valence-electron chi connectivity index (χ2n) is 8.32. The summed E-state index contributed by atoms with van der Waals surface area (Å²) >= 11 is 6.13. The van der Waals surface area contributed by atoms with Crippen molar-refractivity contribution in [1.82, 2.24) is 20.2 Å². The van der Waals surface area contributed by atoms with E-state index in [1.165, 1.54) is 12.4 Å². The molecule has 33 heavy (non-hydrogen) atoms. The van der Waals surface area contributed by atoms with Gasteiger partial charge in [-0.25, -0.2) is 14.4 Å². The first-order chi connectivity index (χ1) is 16.0. The van der Waals surface area contributed by atoms with Crippen LogP contribution in [0.4, 0.5) is 15.9 Å². The number of aliphatic hydroxyl groups is 1. The third kappa shape index (κ3) is 4.29. The summed E-state index contributed by atoms with van der Waals surface area (Å²) in [5, 5.41) is 18.6. The van der Waals surface area contributed by atoms with Gasteiger partial charge in [-0.3, -0.25) is 4.90 Å². The minimum absolute atomic E-state index is 0.00145. The van der Waals surface area contributed by atoms with Crippen LogP contribution in [0.5, 0.6) is 11.5 Å². The number of hydrogen-bond acceptors (Lipinski definition) is 8. The minimum atomic E-state index is -1.04. The Labute approximate surface area is 195 Å². The molecule has 1 aromatic heterocycles. The van der Waals surface area contributed by atoms with Gasteiger partial charge in [-0.1, -0.05) is 11.6 Å². The van der Waals surface area contributed by atoms with Crippen LogP contribution in [0.25, 0.3) is 10.9 Å². The van der Waals surface area contributed by atoms with Crippen molar-refractivity contribution in [2.45, 2.75) is 25.1 Å². The summed E-state index contributed by atoms with van der Waals surface area (Å²) in [7, 11) is 1.58. The van der Waals surface area contributed by atoms with Crippen LogP contribution < -0.4 is 20.1 Å². The SMILES string of the molecule is COc1cc2ncnc3c2cc1OCCNCC1(O)CCCN1Cc1cc(F)c(Cl)cc1N3. The van der Waals surface area contributed by atoms with Crippen LogP contribution in [0.15, 0.2) is 30.6 Å². The second-order valence-corrected chi connectivity index (χ2v) is 8.73. The zero-order chi connectivity index (χ0) is 23.0. The van der Waals surface area contributed by atoms with Crippen molar-refractivity contribution in [2.24, 2.45) is 0 Å². The number of methoxy groups -OCH3 is 1. The van der Waals surface area contributed by atoms with E-state index in [2.05, 4.69) is 20.6 Å². The Morgan fingerprint density at radius 2 is 2.15 bits per heavy atom. The average molecular weight is 474 g/mol. The first-order valence-corrected chi connectivity index (χ1v) is 11.2. The standard InChI is InChI=1S/C23H25ClFN5O3/c1-32-20-10-19-15-8-21(20)33-6-4-26-12-23(31)3-2-5-30(23)11-14-7-17(25)16(24)9-18(14)29-22(15)28-13-27-19/h7-10,13,26,31H,2-6,11-12H2,1H3,(H,27,28,29). The van der Waals surface area contributed by atoms with Gasteiger partial charge in [0.1, 0.15) is 30.3 Å². The Kier molecular flexibility index (Phi) is 5.96. The van der Waals surface area contributed by atoms with E-state index in [-0.39, 0.29) is 5.02 Å². The zero-order valence-corrected chi connectivity index (χ0v) is 19.0. The Morgan fingerprint density at radius 1 is 1.27 bits per heavy atom. The number of aromatic nitrogens is 2. The molecular weight excluding hydrogens is 449 g/mol. The van der Waals surface area contributed by atoms with E-state index in [9.17, 15) is 9.50 Å². The molecule has 3 N–H and O–H groups in total. The van der Waals surface area contributed by atoms with Crippen molar-refractivity contribution >= 4 is 34.0 Å². The third-order valence-electron chi connectivity index (χ3n) is 6.22. The van der Waals surface area contributed by atoms with Gasteiger partial charge in [-0.05, 0) is 36.6 Å². The van der Waals surface area contributed by atoms with E-state index in [4.69, 9.17) is 21.1 Å². The number of ether oxygens (including phenoxy) is 2. The molecule has 3 aromatic rings. The lowest BCUT2D eigenvalue weighted by Crippen LogP contribution is -2.51. The van der Waals surface area contributed by atoms with Crippen molar-refractivity contribution in [3.63, 3.8) is 0 Å². The monoisotopic (exact) mass is 473 g/mol. The minimum Gasteiger partial charge on any atom is -0.493 e. The van der Waals surface area contributed by atoms with Crippen LogP contribution in [0.3, 0.4) is 0 Å². The van der Waals surface area contributed by atoms with E-state index >= 15 is 0 Å². The van der Waals surface area contributed by atoms with Crippen LogP contribution in [-0.4, -0.2) is 59.1 Å². The van der Waals surface area contributed by atoms with Crippen molar-refractivity contribution in [3.05, 3.63) is 47.0 Å². The number of nitrogens with zero attached hydrogens (tertiary/aromatic N) is 3. The first-order valence-electron chi connectivity index (χ1n) is 10.9. The second kappa shape index (κ2) is 8.90. The molecule has 1 unspecified atom stereocenters. The highest BCUT2D eigenvalue weighted by Gasteiger charge is 2.39. The summed E-state index contributed by atoms with van der Waals surface area (Å²) < 4.78 is 25.9. The highest BCUT2D eigenvalue weighted by atomic mass is 35.5. The van der Waals surface area contributed by atoms with Gasteiger partial charge in [-0.15, -0.1) is 0 Å². The van der Waals surface area contributed by atoms with Gasteiger partial charge in [0, 0.05) is 43.3 Å². The number of benzene rings is 2. The highest BCUT2D eigenvalue weighted by molar-refractivity contribution is 6.31. The van der Waals surface area contributed by atoms with E-state index in [0.717, 1.165) is 11.8 Å². The summed E-state index contributed by atoms with van der Waals surface area (Å²) in [5.41, 5.74) is 0.911. The molecule has 2 aliphatic rings. The van der Waals surface area contributed by atoms with Crippen molar-refractivity contribution in [2.75, 3.05) is 38.7 Å². The first kappa shape index (κ1) is 22.1. The molecule has 2 bridgehead atoms. The molecule has 0 aliphatic carbocycles. The molecule has 1 fully saturated rings. The fourth-order valence-electron chi connectivity index (χ4n) is 4.47. The van der Waals surface area contributed by atoms with Crippen LogP contribution >= 0.6 is 11.6 Å². The maximum Gasteiger partial charge on any atom is 0.162 e. The Bertz CT molecular complexity index is 1200. The number of rotatable bonds is 1. The Morgan fingerprint density at radius 3 is 3.00 bits per heavy atom. The topological polar surface area (TPSA) is 91.8 Å². The van der Waals surface area contributed by atoms with Gasteiger partial charge in [0.05, 0.1) is 17.6 Å². The maximum absolute atomic E-state index is 14.5. The zero-order valence-electron chi connectivity index (χ0n) is 18.2. The van der Waals surface area contributed by atoms with E-state index < -0.39 is 11.5 Å². The molecule has 2 aliphatic heterocycles. The molecule has 3 heterocycles. The third-order valence-corrected chi connectivity index (χ3v) is 6.51. The van der Waals surface area contributed by atoms with Gasteiger partial charge in [0.25, 0.3) is 0 Å². The summed E-state index contributed by atoms with van der Waals surface area (Å²) in [6, 6.07) is 6.58. The molecule has 0 amide bonds. The number of anilines is 2. The maximum atomic E-state index is 14.5. The Balaban J connectivity index is 1.64. The lowest BCUT2D eigenvalue weighted by molar-refractivity contribution is -0.0828. The van der Waals surface area contributed by atoms with E-state index in [1.807, 2.05) is 11.0 Å². The molecule has 5 rings (SSSR count). The quantitative estimate of drug-likeness (QED) is 0.495. The molecule has 0 saturated carbocycles.